The highest BCUT2D eigenvalue weighted by atomic mass is 32.2. The van der Waals surface area contributed by atoms with Crippen LogP contribution in [0.15, 0.2) is 52.4 Å². The average molecular weight is 356 g/mol. The number of aliphatic imine (C=N–C) groups is 1. The Labute approximate surface area is 149 Å². The zero-order valence-electron chi connectivity index (χ0n) is 13.6. The SMILES string of the molecule is COc1ccc(N=C2NC(=O)/C(=C/c3ccc(O)c(OC)c3)S2)cc1. The van der Waals surface area contributed by atoms with Crippen LogP contribution in [0.25, 0.3) is 6.08 Å². The summed E-state index contributed by atoms with van der Waals surface area (Å²) >= 11 is 1.25. The van der Waals surface area contributed by atoms with Gasteiger partial charge in [-0.05, 0) is 59.8 Å². The number of phenolic OH excluding ortho intramolecular Hbond substituents is 1. The fourth-order valence-electron chi connectivity index (χ4n) is 2.19. The second-order valence-corrected chi connectivity index (χ2v) is 6.14. The highest BCUT2D eigenvalue weighted by Gasteiger charge is 2.23. The molecule has 2 aromatic rings. The van der Waals surface area contributed by atoms with Crippen LogP contribution < -0.4 is 14.8 Å². The Morgan fingerprint density at radius 1 is 1.12 bits per heavy atom. The van der Waals surface area contributed by atoms with Gasteiger partial charge >= 0.3 is 0 Å². The van der Waals surface area contributed by atoms with Crippen molar-refractivity contribution in [3.8, 4) is 17.2 Å². The highest BCUT2D eigenvalue weighted by molar-refractivity contribution is 8.18. The molecular weight excluding hydrogens is 340 g/mol. The minimum absolute atomic E-state index is 0.0509. The molecule has 0 bridgehead atoms. The van der Waals surface area contributed by atoms with E-state index in [-0.39, 0.29) is 11.7 Å². The molecule has 128 valence electrons. The number of carbonyl (C=O) groups excluding carboxylic acids is 1. The normalized spacial score (nSPS) is 17.0. The monoisotopic (exact) mass is 356 g/mol. The number of amidine groups is 1. The van der Waals surface area contributed by atoms with Gasteiger partial charge in [0.05, 0.1) is 24.8 Å². The number of ether oxygens (including phenoxy) is 2. The molecule has 0 unspecified atom stereocenters. The predicted octanol–water partition coefficient (Wildman–Crippen LogP) is 3.30. The first-order chi connectivity index (χ1) is 12.1. The van der Waals surface area contributed by atoms with Crippen LogP contribution in [0, 0.1) is 0 Å². The molecular formula is C18H16N2O4S. The molecule has 1 saturated heterocycles. The van der Waals surface area contributed by atoms with Gasteiger partial charge in [0.1, 0.15) is 5.75 Å². The number of rotatable bonds is 4. The van der Waals surface area contributed by atoms with Crippen LogP contribution in [0.3, 0.4) is 0 Å². The molecule has 1 aliphatic rings. The number of thioether (sulfide) groups is 1. The summed E-state index contributed by atoms with van der Waals surface area (Å²) in [6.45, 7) is 0. The number of hydrogen-bond donors (Lipinski definition) is 2. The molecule has 2 N–H and O–H groups in total. The summed E-state index contributed by atoms with van der Waals surface area (Å²) in [5.74, 6) is 0.929. The summed E-state index contributed by atoms with van der Waals surface area (Å²) in [4.78, 5) is 17.0. The Morgan fingerprint density at radius 3 is 2.56 bits per heavy atom. The topological polar surface area (TPSA) is 80.2 Å². The Morgan fingerprint density at radius 2 is 1.88 bits per heavy atom. The predicted molar refractivity (Wildman–Crippen MR) is 98.5 cm³/mol. The van der Waals surface area contributed by atoms with Gasteiger partial charge in [-0.3, -0.25) is 4.79 Å². The van der Waals surface area contributed by atoms with Crippen molar-refractivity contribution in [3.63, 3.8) is 0 Å². The van der Waals surface area contributed by atoms with Crippen molar-refractivity contribution in [2.75, 3.05) is 14.2 Å². The molecule has 0 aliphatic carbocycles. The van der Waals surface area contributed by atoms with Gasteiger partial charge in [0.25, 0.3) is 5.91 Å². The smallest absolute Gasteiger partial charge is 0.264 e. The van der Waals surface area contributed by atoms with E-state index in [9.17, 15) is 9.90 Å². The van der Waals surface area contributed by atoms with Crippen LogP contribution in [0.5, 0.6) is 17.2 Å². The van der Waals surface area contributed by atoms with Crippen molar-refractivity contribution >= 4 is 34.6 Å². The lowest BCUT2D eigenvalue weighted by Gasteiger charge is -2.03. The van der Waals surface area contributed by atoms with E-state index in [4.69, 9.17) is 9.47 Å². The second kappa shape index (κ2) is 7.31. The van der Waals surface area contributed by atoms with Crippen LogP contribution in [0.4, 0.5) is 5.69 Å². The Hall–Kier alpha value is -2.93. The van der Waals surface area contributed by atoms with E-state index in [1.165, 1.54) is 24.9 Å². The standard InChI is InChI=1S/C18H16N2O4S/c1-23-13-6-4-12(5-7-13)19-18-20-17(22)16(25-18)10-11-3-8-14(21)15(9-11)24-2/h3-10,21H,1-2H3,(H,19,20,22)/b16-10-. The van der Waals surface area contributed by atoms with Gasteiger partial charge in [0, 0.05) is 0 Å². The van der Waals surface area contributed by atoms with Crippen LogP contribution in [0.2, 0.25) is 0 Å². The fourth-order valence-corrected chi connectivity index (χ4v) is 3.03. The molecule has 0 atom stereocenters. The average Bonchev–Trinajstić information content (AvgIpc) is 2.96. The number of benzene rings is 2. The van der Waals surface area contributed by atoms with Gasteiger partial charge in [0.15, 0.2) is 16.7 Å². The molecule has 2 aromatic carbocycles. The van der Waals surface area contributed by atoms with Crippen molar-refractivity contribution < 1.29 is 19.4 Å². The minimum atomic E-state index is -0.218. The van der Waals surface area contributed by atoms with Crippen LogP contribution >= 0.6 is 11.8 Å². The molecule has 6 nitrogen and oxygen atoms in total. The summed E-state index contributed by atoms with van der Waals surface area (Å²) in [5.41, 5.74) is 1.47. The Kier molecular flexibility index (Phi) is 4.95. The van der Waals surface area contributed by atoms with E-state index < -0.39 is 0 Å². The zero-order valence-corrected chi connectivity index (χ0v) is 14.5. The van der Waals surface area contributed by atoms with Crippen LogP contribution in [-0.4, -0.2) is 30.4 Å². The first-order valence-corrected chi connectivity index (χ1v) is 8.21. The minimum Gasteiger partial charge on any atom is -0.504 e. The quantitative estimate of drug-likeness (QED) is 0.822. The van der Waals surface area contributed by atoms with Crippen LogP contribution in [-0.2, 0) is 4.79 Å². The number of methoxy groups -OCH3 is 2. The third kappa shape index (κ3) is 3.95. The number of hydrogen-bond acceptors (Lipinski definition) is 6. The third-order valence-electron chi connectivity index (χ3n) is 3.46. The van der Waals surface area contributed by atoms with E-state index in [0.29, 0.717) is 15.8 Å². The maximum absolute atomic E-state index is 12.1. The molecule has 1 fully saturated rings. The molecule has 1 aliphatic heterocycles. The molecule has 3 rings (SSSR count). The Balaban J connectivity index is 1.80. The van der Waals surface area contributed by atoms with Gasteiger partial charge in [0.2, 0.25) is 0 Å². The van der Waals surface area contributed by atoms with E-state index in [0.717, 1.165) is 17.0 Å². The van der Waals surface area contributed by atoms with Crippen molar-refractivity contribution in [2.45, 2.75) is 0 Å². The molecule has 0 saturated carbocycles. The summed E-state index contributed by atoms with van der Waals surface area (Å²) in [5, 5.41) is 12.9. The van der Waals surface area contributed by atoms with E-state index in [2.05, 4.69) is 10.3 Å². The summed E-state index contributed by atoms with van der Waals surface area (Å²) in [6, 6.07) is 12.1. The largest absolute Gasteiger partial charge is 0.504 e. The van der Waals surface area contributed by atoms with Crippen molar-refractivity contribution in [2.24, 2.45) is 4.99 Å². The lowest BCUT2D eigenvalue weighted by Crippen LogP contribution is -2.19. The Bertz CT molecular complexity index is 860. The van der Waals surface area contributed by atoms with Gasteiger partial charge in [-0.2, -0.15) is 0 Å². The van der Waals surface area contributed by atoms with Crippen LogP contribution in [0.1, 0.15) is 5.56 Å². The van der Waals surface area contributed by atoms with Gasteiger partial charge in [-0.25, -0.2) is 4.99 Å². The van der Waals surface area contributed by atoms with E-state index in [1.807, 2.05) is 12.1 Å². The summed E-state index contributed by atoms with van der Waals surface area (Å²) in [6.07, 6.45) is 1.72. The lowest BCUT2D eigenvalue weighted by atomic mass is 10.2. The van der Waals surface area contributed by atoms with Gasteiger partial charge < -0.3 is 19.9 Å². The van der Waals surface area contributed by atoms with E-state index in [1.54, 1.807) is 37.5 Å². The number of nitrogens with one attached hydrogen (secondary N) is 1. The second-order valence-electron chi connectivity index (χ2n) is 5.11. The first-order valence-electron chi connectivity index (χ1n) is 7.39. The number of nitrogens with zero attached hydrogens (tertiary/aromatic N) is 1. The fraction of sp³-hybridized carbons (Fsp3) is 0.111. The molecule has 0 radical (unpaired) electrons. The molecule has 25 heavy (non-hydrogen) atoms. The zero-order chi connectivity index (χ0) is 17.8. The molecule has 0 aromatic heterocycles. The van der Waals surface area contributed by atoms with Crippen molar-refractivity contribution in [3.05, 3.63) is 52.9 Å². The summed E-state index contributed by atoms with van der Waals surface area (Å²) in [7, 11) is 3.08. The summed E-state index contributed by atoms with van der Waals surface area (Å²) < 4.78 is 10.2. The van der Waals surface area contributed by atoms with E-state index >= 15 is 0 Å². The molecule has 7 heteroatoms. The third-order valence-corrected chi connectivity index (χ3v) is 4.37. The molecule has 1 amide bonds. The van der Waals surface area contributed by atoms with Gasteiger partial charge in [-0.15, -0.1) is 0 Å². The number of amides is 1. The lowest BCUT2D eigenvalue weighted by molar-refractivity contribution is -0.115. The highest BCUT2D eigenvalue weighted by Crippen LogP contribution is 2.31. The molecule has 1 heterocycles. The maximum Gasteiger partial charge on any atom is 0.264 e. The first kappa shape index (κ1) is 16.9. The number of carbonyl (C=O) groups is 1. The van der Waals surface area contributed by atoms with Gasteiger partial charge in [-0.1, -0.05) is 6.07 Å². The maximum atomic E-state index is 12.1. The molecule has 0 spiro atoms. The number of phenols is 1. The number of aromatic hydroxyl groups is 1. The van der Waals surface area contributed by atoms with Crippen molar-refractivity contribution in [1.82, 2.24) is 5.32 Å². The van der Waals surface area contributed by atoms with Crippen molar-refractivity contribution in [1.29, 1.82) is 0 Å².